The summed E-state index contributed by atoms with van der Waals surface area (Å²) in [5.74, 6) is -0.162. The minimum absolute atomic E-state index is 0.0820. The van der Waals surface area contributed by atoms with Crippen molar-refractivity contribution in [2.24, 2.45) is 7.05 Å². The van der Waals surface area contributed by atoms with E-state index in [4.69, 9.17) is 16.9 Å². The lowest BCUT2D eigenvalue weighted by atomic mass is 10.1. The fourth-order valence-corrected chi connectivity index (χ4v) is 2.08. The first-order valence-corrected chi connectivity index (χ1v) is 6.28. The Kier molecular flexibility index (Phi) is 4.02. The minimum atomic E-state index is -0.469. The average Bonchev–Trinajstić information content (AvgIpc) is 2.79. The Labute approximate surface area is 121 Å². The van der Waals surface area contributed by atoms with Crippen LogP contribution in [0.3, 0.4) is 0 Å². The molecule has 0 radical (unpaired) electrons. The van der Waals surface area contributed by atoms with Gasteiger partial charge in [0.2, 0.25) is 11.0 Å². The molecule has 2 aromatic rings. The molecule has 1 aromatic carbocycles. The van der Waals surface area contributed by atoms with Crippen molar-refractivity contribution in [3.8, 4) is 6.07 Å². The van der Waals surface area contributed by atoms with Gasteiger partial charge in [0.15, 0.2) is 0 Å². The highest BCUT2D eigenvalue weighted by Crippen LogP contribution is 2.15. The van der Waals surface area contributed by atoms with Crippen molar-refractivity contribution in [2.45, 2.75) is 6.42 Å². The third kappa shape index (κ3) is 2.79. The molecule has 0 bridgehead atoms. The average molecular weight is 287 g/mol. The zero-order valence-electron chi connectivity index (χ0n) is 10.8. The van der Waals surface area contributed by atoms with Crippen LogP contribution in [-0.4, -0.2) is 15.6 Å². The lowest BCUT2D eigenvalue weighted by Gasteiger charge is -2.06. The van der Waals surface area contributed by atoms with Crippen molar-refractivity contribution in [3.63, 3.8) is 0 Å². The SMILES string of the molecule is Cn1c(CC(=O)Cl)ccc1C(=O)c1ccc(C#N)cc1. The van der Waals surface area contributed by atoms with E-state index in [0.717, 1.165) is 0 Å². The largest absolute Gasteiger partial charge is 0.345 e. The van der Waals surface area contributed by atoms with Crippen LogP contribution in [0.5, 0.6) is 0 Å². The predicted molar refractivity (Wildman–Crippen MR) is 74.6 cm³/mol. The van der Waals surface area contributed by atoms with Crippen LogP contribution in [0.15, 0.2) is 36.4 Å². The van der Waals surface area contributed by atoms with Crippen molar-refractivity contribution >= 4 is 22.6 Å². The van der Waals surface area contributed by atoms with E-state index in [0.29, 0.717) is 22.5 Å². The highest BCUT2D eigenvalue weighted by molar-refractivity contribution is 6.63. The molecule has 1 heterocycles. The van der Waals surface area contributed by atoms with E-state index in [9.17, 15) is 9.59 Å². The number of aromatic nitrogens is 1. The molecule has 0 atom stereocenters. The molecule has 5 heteroatoms. The Hall–Kier alpha value is -2.38. The van der Waals surface area contributed by atoms with E-state index in [2.05, 4.69) is 0 Å². The number of nitriles is 1. The van der Waals surface area contributed by atoms with Gasteiger partial charge in [0.1, 0.15) is 0 Å². The molecule has 0 saturated heterocycles. The predicted octanol–water partition coefficient (Wildman–Crippen LogP) is 2.44. The van der Waals surface area contributed by atoms with Crippen LogP contribution < -0.4 is 0 Å². The summed E-state index contributed by atoms with van der Waals surface area (Å²) in [5.41, 5.74) is 2.15. The van der Waals surface area contributed by atoms with Crippen molar-refractivity contribution in [2.75, 3.05) is 0 Å². The quantitative estimate of drug-likeness (QED) is 0.640. The number of nitrogens with zero attached hydrogens (tertiary/aromatic N) is 2. The molecule has 0 aliphatic rings. The Morgan fingerprint density at radius 1 is 1.20 bits per heavy atom. The maximum absolute atomic E-state index is 12.3. The number of rotatable bonds is 4. The van der Waals surface area contributed by atoms with Gasteiger partial charge in [-0.3, -0.25) is 9.59 Å². The summed E-state index contributed by atoms with van der Waals surface area (Å²) in [6.45, 7) is 0. The topological polar surface area (TPSA) is 62.9 Å². The molecular formula is C15H11ClN2O2. The van der Waals surface area contributed by atoms with Crippen LogP contribution in [-0.2, 0) is 18.3 Å². The monoisotopic (exact) mass is 286 g/mol. The summed E-state index contributed by atoms with van der Waals surface area (Å²) in [6.07, 6.45) is 0.0820. The summed E-state index contributed by atoms with van der Waals surface area (Å²) in [5, 5.41) is 8.26. The first-order valence-electron chi connectivity index (χ1n) is 5.90. The second-order valence-corrected chi connectivity index (χ2v) is 4.74. The molecule has 1 aromatic heterocycles. The lowest BCUT2D eigenvalue weighted by Crippen LogP contribution is -2.10. The first kappa shape index (κ1) is 14.0. The fourth-order valence-electron chi connectivity index (χ4n) is 1.95. The molecule has 0 fully saturated rings. The number of ketones is 1. The van der Waals surface area contributed by atoms with E-state index < -0.39 is 5.24 Å². The molecular weight excluding hydrogens is 276 g/mol. The van der Waals surface area contributed by atoms with Crippen LogP contribution in [0.4, 0.5) is 0 Å². The van der Waals surface area contributed by atoms with Gasteiger partial charge in [-0.15, -0.1) is 0 Å². The fraction of sp³-hybridized carbons (Fsp3) is 0.133. The first-order chi connectivity index (χ1) is 9.52. The molecule has 0 saturated carbocycles. The smallest absolute Gasteiger partial charge is 0.227 e. The third-order valence-corrected chi connectivity index (χ3v) is 3.19. The molecule has 20 heavy (non-hydrogen) atoms. The summed E-state index contributed by atoms with van der Waals surface area (Å²) < 4.78 is 1.65. The van der Waals surface area contributed by atoms with Crippen LogP contribution in [0.1, 0.15) is 27.3 Å². The van der Waals surface area contributed by atoms with E-state index in [-0.39, 0.29) is 12.2 Å². The summed E-state index contributed by atoms with van der Waals surface area (Å²) in [6, 6.07) is 11.8. The number of benzene rings is 1. The summed E-state index contributed by atoms with van der Waals surface area (Å²) in [4.78, 5) is 23.3. The minimum Gasteiger partial charge on any atom is -0.345 e. The second kappa shape index (κ2) is 5.72. The zero-order valence-corrected chi connectivity index (χ0v) is 11.5. The van der Waals surface area contributed by atoms with Crippen LogP contribution in [0, 0.1) is 11.3 Å². The van der Waals surface area contributed by atoms with Crippen molar-refractivity contribution < 1.29 is 9.59 Å². The normalized spacial score (nSPS) is 10.1. The van der Waals surface area contributed by atoms with Gasteiger partial charge in [-0.1, -0.05) is 0 Å². The third-order valence-electron chi connectivity index (χ3n) is 3.05. The van der Waals surface area contributed by atoms with Gasteiger partial charge in [0.05, 0.1) is 23.7 Å². The molecule has 4 nitrogen and oxygen atoms in total. The van der Waals surface area contributed by atoms with E-state index in [1.807, 2.05) is 6.07 Å². The Bertz CT molecular complexity index is 708. The number of hydrogen-bond donors (Lipinski definition) is 0. The van der Waals surface area contributed by atoms with E-state index >= 15 is 0 Å². The second-order valence-electron chi connectivity index (χ2n) is 4.32. The molecule has 2 rings (SSSR count). The molecule has 100 valence electrons. The molecule has 0 aliphatic heterocycles. The van der Waals surface area contributed by atoms with Crippen LogP contribution in [0.2, 0.25) is 0 Å². The van der Waals surface area contributed by atoms with Gasteiger partial charge in [0, 0.05) is 18.3 Å². The zero-order chi connectivity index (χ0) is 14.7. The standard InChI is InChI=1S/C15H11ClN2O2/c1-18-12(8-14(16)19)6-7-13(18)15(20)11-4-2-10(9-17)3-5-11/h2-7H,8H2,1H3. The summed E-state index contributed by atoms with van der Waals surface area (Å²) >= 11 is 5.36. The van der Waals surface area contributed by atoms with Crippen LogP contribution >= 0.6 is 11.6 Å². The Morgan fingerprint density at radius 2 is 1.85 bits per heavy atom. The van der Waals surface area contributed by atoms with E-state index in [1.165, 1.54) is 0 Å². The highest BCUT2D eigenvalue weighted by Gasteiger charge is 2.15. The molecule has 0 aliphatic carbocycles. The van der Waals surface area contributed by atoms with Crippen molar-refractivity contribution in [3.05, 3.63) is 58.9 Å². The molecule has 0 spiro atoms. The number of halogens is 1. The van der Waals surface area contributed by atoms with Gasteiger partial charge >= 0.3 is 0 Å². The van der Waals surface area contributed by atoms with Crippen molar-refractivity contribution in [1.82, 2.24) is 4.57 Å². The lowest BCUT2D eigenvalue weighted by molar-refractivity contribution is -0.111. The van der Waals surface area contributed by atoms with Gasteiger partial charge in [-0.2, -0.15) is 5.26 Å². The highest BCUT2D eigenvalue weighted by atomic mass is 35.5. The maximum Gasteiger partial charge on any atom is 0.227 e. The Morgan fingerprint density at radius 3 is 2.40 bits per heavy atom. The number of hydrogen-bond acceptors (Lipinski definition) is 3. The maximum atomic E-state index is 12.3. The van der Waals surface area contributed by atoms with Gasteiger partial charge in [-0.25, -0.2) is 0 Å². The van der Waals surface area contributed by atoms with E-state index in [1.54, 1.807) is 48.0 Å². The summed E-state index contributed by atoms with van der Waals surface area (Å²) in [7, 11) is 1.71. The van der Waals surface area contributed by atoms with Gasteiger partial charge in [0.25, 0.3) is 0 Å². The van der Waals surface area contributed by atoms with Crippen LogP contribution in [0.25, 0.3) is 0 Å². The van der Waals surface area contributed by atoms with Gasteiger partial charge < -0.3 is 4.57 Å². The molecule has 0 unspecified atom stereocenters. The van der Waals surface area contributed by atoms with Gasteiger partial charge in [-0.05, 0) is 48.0 Å². The molecule has 0 N–H and O–H groups in total. The Balaban J connectivity index is 2.31. The number of carbonyl (C=O) groups is 2. The molecule has 0 amide bonds. The number of carbonyl (C=O) groups excluding carboxylic acids is 2. The van der Waals surface area contributed by atoms with Crippen molar-refractivity contribution in [1.29, 1.82) is 5.26 Å².